The van der Waals surface area contributed by atoms with E-state index >= 15 is 0 Å². The van der Waals surface area contributed by atoms with Gasteiger partial charge in [0.05, 0.1) is 24.4 Å². The molecule has 6 heteroatoms. The molecule has 3 rings (SSSR count). The summed E-state index contributed by atoms with van der Waals surface area (Å²) in [5.41, 5.74) is 3.09. The third-order valence-electron chi connectivity index (χ3n) is 5.90. The summed E-state index contributed by atoms with van der Waals surface area (Å²) in [7, 11) is 0. The second-order valence-corrected chi connectivity index (χ2v) is 9.12. The van der Waals surface area contributed by atoms with Crippen LogP contribution in [0.25, 0.3) is 11.3 Å². The Morgan fingerprint density at radius 2 is 1.94 bits per heavy atom. The number of piperidine rings is 1. The highest BCUT2D eigenvalue weighted by Gasteiger charge is 2.27. The molecule has 1 saturated heterocycles. The van der Waals surface area contributed by atoms with Crippen LogP contribution in [0.5, 0.6) is 0 Å². The lowest BCUT2D eigenvalue weighted by Crippen LogP contribution is -2.37. The van der Waals surface area contributed by atoms with E-state index in [0.29, 0.717) is 19.7 Å². The summed E-state index contributed by atoms with van der Waals surface area (Å²) in [5.74, 6) is 1.64. The molecule has 1 aliphatic heterocycles. The Bertz CT molecular complexity index is 770. The van der Waals surface area contributed by atoms with Crippen molar-refractivity contribution in [2.24, 2.45) is 5.92 Å². The van der Waals surface area contributed by atoms with Gasteiger partial charge in [0.25, 0.3) is 0 Å². The van der Waals surface area contributed by atoms with Crippen molar-refractivity contribution in [2.75, 3.05) is 37.7 Å². The molecular formula is C25H39N3O3. The van der Waals surface area contributed by atoms with Gasteiger partial charge in [0.1, 0.15) is 5.69 Å². The molecule has 1 aromatic heterocycles. The normalized spacial score (nSPS) is 16.4. The zero-order valence-electron chi connectivity index (χ0n) is 19.6. The molecule has 0 amide bonds. The molecule has 172 valence electrons. The fraction of sp³-hybridized carbons (Fsp3) is 0.640. The lowest BCUT2D eigenvalue weighted by molar-refractivity contribution is -0.00948. The molecule has 0 bridgehead atoms. The van der Waals surface area contributed by atoms with Gasteiger partial charge in [0, 0.05) is 31.7 Å². The summed E-state index contributed by atoms with van der Waals surface area (Å²) in [6.07, 6.45) is 2.95. The van der Waals surface area contributed by atoms with Crippen molar-refractivity contribution in [1.82, 2.24) is 10.1 Å². The maximum Gasteiger partial charge on any atom is 0.232 e. The van der Waals surface area contributed by atoms with Crippen molar-refractivity contribution in [3.63, 3.8) is 0 Å². The SMILES string of the molecule is CCCN(Cc1c(-c2ccccc2)noc1N1CCC(C)CC1)CC(O)COC(C)C. The number of ether oxygens (including phenoxy) is 1. The number of hydrogen-bond donors (Lipinski definition) is 1. The zero-order valence-corrected chi connectivity index (χ0v) is 19.6. The highest BCUT2D eigenvalue weighted by atomic mass is 16.5. The van der Waals surface area contributed by atoms with Gasteiger partial charge >= 0.3 is 0 Å². The number of aliphatic hydroxyl groups is 1. The first kappa shape index (κ1) is 23.8. The van der Waals surface area contributed by atoms with E-state index in [2.05, 4.69) is 40.9 Å². The standard InChI is InChI=1S/C25H39N3O3/c1-5-13-27(16-22(29)18-30-19(2)3)17-23-24(21-9-7-6-8-10-21)26-31-25(23)28-14-11-20(4)12-15-28/h6-10,19-20,22,29H,5,11-18H2,1-4H3. The van der Waals surface area contributed by atoms with Crippen LogP contribution < -0.4 is 4.90 Å². The summed E-state index contributed by atoms with van der Waals surface area (Å²) in [4.78, 5) is 4.64. The monoisotopic (exact) mass is 429 g/mol. The van der Waals surface area contributed by atoms with Crippen molar-refractivity contribution in [3.8, 4) is 11.3 Å². The molecule has 1 fully saturated rings. The second-order valence-electron chi connectivity index (χ2n) is 9.12. The maximum atomic E-state index is 10.5. The van der Waals surface area contributed by atoms with Crippen molar-refractivity contribution in [3.05, 3.63) is 35.9 Å². The Balaban J connectivity index is 1.84. The van der Waals surface area contributed by atoms with Gasteiger partial charge in [-0.15, -0.1) is 0 Å². The van der Waals surface area contributed by atoms with Crippen LogP contribution in [0.4, 0.5) is 5.88 Å². The smallest absolute Gasteiger partial charge is 0.232 e. The van der Waals surface area contributed by atoms with Gasteiger partial charge in [-0.1, -0.05) is 49.3 Å². The molecule has 2 aromatic rings. The van der Waals surface area contributed by atoms with Crippen LogP contribution in [0.1, 0.15) is 52.5 Å². The fourth-order valence-electron chi connectivity index (χ4n) is 4.16. The molecule has 1 aromatic carbocycles. The highest BCUT2D eigenvalue weighted by molar-refractivity contribution is 5.68. The Morgan fingerprint density at radius 1 is 1.23 bits per heavy atom. The minimum Gasteiger partial charge on any atom is -0.389 e. The lowest BCUT2D eigenvalue weighted by atomic mass is 9.98. The first-order valence-electron chi connectivity index (χ1n) is 11.8. The van der Waals surface area contributed by atoms with Gasteiger partial charge in [-0.25, -0.2) is 0 Å². The van der Waals surface area contributed by atoms with E-state index in [1.54, 1.807) is 0 Å². The molecule has 1 unspecified atom stereocenters. The van der Waals surface area contributed by atoms with Crippen molar-refractivity contribution < 1.29 is 14.4 Å². The Morgan fingerprint density at radius 3 is 2.58 bits per heavy atom. The quantitative estimate of drug-likeness (QED) is 0.564. The van der Waals surface area contributed by atoms with E-state index in [-0.39, 0.29) is 6.10 Å². The largest absolute Gasteiger partial charge is 0.389 e. The first-order chi connectivity index (χ1) is 15.0. The zero-order chi connectivity index (χ0) is 22.2. The average Bonchev–Trinajstić information content (AvgIpc) is 3.17. The molecule has 6 nitrogen and oxygen atoms in total. The second kappa shape index (κ2) is 11.7. The van der Waals surface area contributed by atoms with Crippen LogP contribution in [0, 0.1) is 5.92 Å². The lowest BCUT2D eigenvalue weighted by Gasteiger charge is -2.31. The van der Waals surface area contributed by atoms with Crippen LogP contribution in [0.2, 0.25) is 0 Å². The summed E-state index contributed by atoms with van der Waals surface area (Å²) in [6.45, 7) is 13.0. The number of aliphatic hydroxyl groups excluding tert-OH is 1. The molecule has 0 radical (unpaired) electrons. The number of anilines is 1. The molecule has 0 aliphatic carbocycles. The fourth-order valence-corrected chi connectivity index (χ4v) is 4.16. The number of benzene rings is 1. The van der Waals surface area contributed by atoms with Crippen molar-refractivity contribution in [1.29, 1.82) is 0 Å². The number of aromatic nitrogens is 1. The predicted molar refractivity (Wildman–Crippen MR) is 125 cm³/mol. The topological polar surface area (TPSA) is 62.0 Å². The van der Waals surface area contributed by atoms with Crippen LogP contribution in [0.15, 0.2) is 34.9 Å². The molecule has 1 atom stereocenters. The average molecular weight is 430 g/mol. The van der Waals surface area contributed by atoms with Crippen molar-refractivity contribution in [2.45, 2.75) is 65.7 Å². The van der Waals surface area contributed by atoms with Crippen LogP contribution in [-0.4, -0.2) is 60.2 Å². The minimum absolute atomic E-state index is 0.116. The van der Waals surface area contributed by atoms with Gasteiger partial charge in [-0.3, -0.25) is 4.90 Å². The molecular weight excluding hydrogens is 390 g/mol. The summed E-state index contributed by atoms with van der Waals surface area (Å²) in [5, 5.41) is 15.0. The van der Waals surface area contributed by atoms with Crippen LogP contribution >= 0.6 is 0 Å². The van der Waals surface area contributed by atoms with Gasteiger partial charge in [-0.05, 0) is 45.6 Å². The molecule has 31 heavy (non-hydrogen) atoms. The molecule has 0 spiro atoms. The first-order valence-corrected chi connectivity index (χ1v) is 11.8. The number of hydrogen-bond acceptors (Lipinski definition) is 6. The van der Waals surface area contributed by atoms with Gasteiger partial charge in [0.15, 0.2) is 0 Å². The van der Waals surface area contributed by atoms with E-state index in [4.69, 9.17) is 9.26 Å². The number of nitrogens with zero attached hydrogens (tertiary/aromatic N) is 3. The van der Waals surface area contributed by atoms with E-state index in [1.165, 1.54) is 12.8 Å². The Kier molecular flexibility index (Phi) is 8.93. The predicted octanol–water partition coefficient (Wildman–Crippen LogP) is 4.58. The Labute approximate surface area is 187 Å². The number of rotatable bonds is 11. The highest BCUT2D eigenvalue weighted by Crippen LogP contribution is 2.34. The maximum absolute atomic E-state index is 10.5. The van der Waals surface area contributed by atoms with Gasteiger partial charge < -0.3 is 19.3 Å². The van der Waals surface area contributed by atoms with E-state index in [9.17, 15) is 5.11 Å². The third kappa shape index (κ3) is 6.79. The van der Waals surface area contributed by atoms with Crippen LogP contribution in [-0.2, 0) is 11.3 Å². The molecule has 0 saturated carbocycles. The third-order valence-corrected chi connectivity index (χ3v) is 5.90. The van der Waals surface area contributed by atoms with E-state index in [1.807, 2.05) is 32.0 Å². The summed E-state index contributed by atoms with van der Waals surface area (Å²) in [6, 6.07) is 10.3. The molecule has 1 aliphatic rings. The Hall–Kier alpha value is -1.89. The van der Waals surface area contributed by atoms with E-state index in [0.717, 1.165) is 54.7 Å². The summed E-state index contributed by atoms with van der Waals surface area (Å²) >= 11 is 0. The van der Waals surface area contributed by atoms with Gasteiger partial charge in [-0.2, -0.15) is 0 Å². The molecule has 1 N–H and O–H groups in total. The van der Waals surface area contributed by atoms with Crippen LogP contribution in [0.3, 0.4) is 0 Å². The summed E-state index contributed by atoms with van der Waals surface area (Å²) < 4.78 is 11.6. The van der Waals surface area contributed by atoms with Crippen molar-refractivity contribution >= 4 is 5.88 Å². The van der Waals surface area contributed by atoms with Gasteiger partial charge in [0.2, 0.25) is 5.88 Å². The molecule has 2 heterocycles. The minimum atomic E-state index is -0.520. The van der Waals surface area contributed by atoms with E-state index < -0.39 is 6.10 Å².